The summed E-state index contributed by atoms with van der Waals surface area (Å²) in [5, 5.41) is 12.6. The molecule has 1 amide bonds. The Balaban J connectivity index is 1.87. The maximum absolute atomic E-state index is 12.0. The zero-order valence-electron chi connectivity index (χ0n) is 17.4. The summed E-state index contributed by atoms with van der Waals surface area (Å²) in [5.74, 6) is -0.489. The fourth-order valence-corrected chi connectivity index (χ4v) is 3.13. The lowest BCUT2D eigenvalue weighted by Gasteiger charge is -2.18. The number of aliphatic carboxylic acids is 1. The van der Waals surface area contributed by atoms with Crippen LogP contribution in [-0.4, -0.2) is 42.1 Å². The molecule has 0 saturated carbocycles. The molecule has 2 aromatic carbocycles. The molecule has 0 aliphatic rings. The van der Waals surface area contributed by atoms with Gasteiger partial charge in [0.15, 0.2) is 6.10 Å². The van der Waals surface area contributed by atoms with Gasteiger partial charge in [0.05, 0.1) is 16.8 Å². The minimum atomic E-state index is -1.02. The number of anilines is 1. The van der Waals surface area contributed by atoms with Gasteiger partial charge in [-0.3, -0.25) is 5.32 Å². The molecular formula is C22H25Cl2NO6. The molecule has 2 N–H and O–H groups in total. The standard InChI is InChI=1S/C22H25Cl2NO6/c1-13(2)30-20(21(26)27)10-15-5-4-6-17(9-15)31-14(3)12-29-22(28)25-19-8-7-16(23)11-18(19)24/h4-9,11,13-14,20H,10,12H2,1-3H3,(H,25,28)(H,26,27). The molecule has 2 unspecified atom stereocenters. The lowest BCUT2D eigenvalue weighted by atomic mass is 10.1. The van der Waals surface area contributed by atoms with Crippen molar-refractivity contribution in [3.63, 3.8) is 0 Å². The molecular weight excluding hydrogens is 445 g/mol. The molecule has 0 heterocycles. The van der Waals surface area contributed by atoms with Crippen molar-refractivity contribution in [3.8, 4) is 5.75 Å². The number of carboxylic acids is 1. The van der Waals surface area contributed by atoms with Gasteiger partial charge in [-0.2, -0.15) is 0 Å². The van der Waals surface area contributed by atoms with Crippen LogP contribution in [0.5, 0.6) is 5.75 Å². The Hall–Kier alpha value is -2.48. The predicted molar refractivity (Wildman–Crippen MR) is 119 cm³/mol. The molecule has 0 aliphatic carbocycles. The number of rotatable bonds is 10. The van der Waals surface area contributed by atoms with Gasteiger partial charge in [-0.05, 0) is 56.7 Å². The SMILES string of the molecule is CC(C)OC(Cc1cccc(OC(C)COC(=O)Nc2ccc(Cl)cc2Cl)c1)C(=O)O. The predicted octanol–water partition coefficient (Wildman–Crippen LogP) is 5.43. The second-order valence-electron chi connectivity index (χ2n) is 7.14. The van der Waals surface area contributed by atoms with E-state index in [1.165, 1.54) is 6.07 Å². The summed E-state index contributed by atoms with van der Waals surface area (Å²) in [6.45, 7) is 5.31. The van der Waals surface area contributed by atoms with Gasteiger partial charge in [0.2, 0.25) is 0 Å². The van der Waals surface area contributed by atoms with Crippen LogP contribution in [-0.2, 0) is 20.7 Å². The number of hydrogen-bond donors (Lipinski definition) is 2. The van der Waals surface area contributed by atoms with E-state index < -0.39 is 24.3 Å². The maximum Gasteiger partial charge on any atom is 0.411 e. The van der Waals surface area contributed by atoms with E-state index in [0.717, 1.165) is 5.56 Å². The van der Waals surface area contributed by atoms with Gasteiger partial charge in [-0.25, -0.2) is 9.59 Å². The Morgan fingerprint density at radius 2 is 1.84 bits per heavy atom. The average Bonchev–Trinajstić information content (AvgIpc) is 2.68. The summed E-state index contributed by atoms with van der Waals surface area (Å²) in [6, 6.07) is 11.7. The smallest absolute Gasteiger partial charge is 0.411 e. The molecule has 31 heavy (non-hydrogen) atoms. The van der Waals surface area contributed by atoms with E-state index in [4.69, 9.17) is 37.4 Å². The van der Waals surface area contributed by atoms with Crippen molar-refractivity contribution in [3.05, 3.63) is 58.1 Å². The van der Waals surface area contributed by atoms with Gasteiger partial charge in [0.1, 0.15) is 18.5 Å². The van der Waals surface area contributed by atoms with E-state index in [1.54, 1.807) is 57.2 Å². The average molecular weight is 470 g/mol. The van der Waals surface area contributed by atoms with Gasteiger partial charge in [0, 0.05) is 11.4 Å². The largest absolute Gasteiger partial charge is 0.487 e. The molecule has 2 rings (SSSR count). The molecule has 2 aromatic rings. The number of nitrogens with one attached hydrogen (secondary N) is 1. The molecule has 0 radical (unpaired) electrons. The summed E-state index contributed by atoms with van der Waals surface area (Å²) in [4.78, 5) is 23.4. The monoisotopic (exact) mass is 469 g/mol. The number of hydrogen-bond acceptors (Lipinski definition) is 5. The highest BCUT2D eigenvalue weighted by Gasteiger charge is 2.20. The Kier molecular flexibility index (Phi) is 9.43. The van der Waals surface area contributed by atoms with Crippen LogP contribution in [0.25, 0.3) is 0 Å². The number of ether oxygens (including phenoxy) is 3. The van der Waals surface area contributed by atoms with E-state index in [2.05, 4.69) is 5.32 Å². The van der Waals surface area contributed by atoms with Gasteiger partial charge >= 0.3 is 12.1 Å². The fraction of sp³-hybridized carbons (Fsp3) is 0.364. The molecule has 9 heteroatoms. The quantitative estimate of drug-likeness (QED) is 0.481. The first-order valence-corrected chi connectivity index (χ1v) is 10.4. The zero-order valence-corrected chi connectivity index (χ0v) is 18.9. The first kappa shape index (κ1) is 24.8. The number of carbonyl (C=O) groups is 2. The van der Waals surface area contributed by atoms with Crippen LogP contribution in [0, 0.1) is 0 Å². The molecule has 0 fully saturated rings. The van der Waals surface area contributed by atoms with E-state index in [0.29, 0.717) is 21.5 Å². The van der Waals surface area contributed by atoms with Crippen molar-refractivity contribution in [2.24, 2.45) is 0 Å². The number of amides is 1. The van der Waals surface area contributed by atoms with Crippen molar-refractivity contribution in [1.29, 1.82) is 0 Å². The number of carboxylic acid groups (broad SMARTS) is 1. The maximum atomic E-state index is 12.0. The van der Waals surface area contributed by atoms with E-state index in [1.807, 2.05) is 0 Å². The lowest BCUT2D eigenvalue weighted by Crippen LogP contribution is -2.29. The van der Waals surface area contributed by atoms with Crippen molar-refractivity contribution in [2.45, 2.75) is 45.5 Å². The van der Waals surface area contributed by atoms with Crippen LogP contribution in [0.3, 0.4) is 0 Å². The highest BCUT2D eigenvalue weighted by atomic mass is 35.5. The summed E-state index contributed by atoms with van der Waals surface area (Å²) in [7, 11) is 0. The Morgan fingerprint density at radius 1 is 1.10 bits per heavy atom. The number of halogens is 2. The van der Waals surface area contributed by atoms with E-state index >= 15 is 0 Å². The summed E-state index contributed by atoms with van der Waals surface area (Å²) in [6.07, 6.45) is -2.06. The second kappa shape index (κ2) is 11.8. The third-order valence-corrected chi connectivity index (χ3v) is 4.53. The van der Waals surface area contributed by atoms with Crippen LogP contribution in [0.1, 0.15) is 26.3 Å². The Morgan fingerprint density at radius 3 is 2.48 bits per heavy atom. The van der Waals surface area contributed by atoms with Crippen molar-refractivity contribution >= 4 is 41.0 Å². The third kappa shape index (κ3) is 8.65. The van der Waals surface area contributed by atoms with Crippen LogP contribution < -0.4 is 10.1 Å². The second-order valence-corrected chi connectivity index (χ2v) is 7.98. The fourth-order valence-electron chi connectivity index (χ4n) is 2.68. The highest BCUT2D eigenvalue weighted by molar-refractivity contribution is 6.36. The van der Waals surface area contributed by atoms with Gasteiger partial charge in [0.25, 0.3) is 0 Å². The lowest BCUT2D eigenvalue weighted by molar-refractivity contribution is -0.153. The van der Waals surface area contributed by atoms with E-state index in [9.17, 15) is 14.7 Å². The Bertz CT molecular complexity index is 905. The summed E-state index contributed by atoms with van der Waals surface area (Å²) in [5.41, 5.74) is 1.14. The molecule has 0 aromatic heterocycles. The van der Waals surface area contributed by atoms with Crippen molar-refractivity contribution in [2.75, 3.05) is 11.9 Å². The van der Waals surface area contributed by atoms with Crippen LogP contribution in [0.4, 0.5) is 10.5 Å². The Labute approximate surface area is 191 Å². The number of carbonyl (C=O) groups excluding carboxylic acids is 1. The topological polar surface area (TPSA) is 94.1 Å². The van der Waals surface area contributed by atoms with Gasteiger partial charge < -0.3 is 19.3 Å². The van der Waals surface area contributed by atoms with Crippen LogP contribution in [0.15, 0.2) is 42.5 Å². The summed E-state index contributed by atoms with van der Waals surface area (Å²) >= 11 is 11.8. The van der Waals surface area contributed by atoms with Crippen LogP contribution >= 0.6 is 23.2 Å². The van der Waals surface area contributed by atoms with E-state index in [-0.39, 0.29) is 19.1 Å². The van der Waals surface area contributed by atoms with Crippen molar-refractivity contribution in [1.82, 2.24) is 0 Å². The molecule has 2 atom stereocenters. The van der Waals surface area contributed by atoms with Gasteiger partial charge in [-0.15, -0.1) is 0 Å². The first-order valence-electron chi connectivity index (χ1n) is 9.66. The molecule has 0 aliphatic heterocycles. The highest BCUT2D eigenvalue weighted by Crippen LogP contribution is 2.25. The number of benzene rings is 2. The minimum Gasteiger partial charge on any atom is -0.487 e. The van der Waals surface area contributed by atoms with Crippen molar-refractivity contribution < 1.29 is 28.9 Å². The normalized spacial score (nSPS) is 12.8. The third-order valence-electron chi connectivity index (χ3n) is 3.99. The molecule has 0 spiro atoms. The molecule has 7 nitrogen and oxygen atoms in total. The van der Waals surface area contributed by atoms with Crippen LogP contribution in [0.2, 0.25) is 10.0 Å². The van der Waals surface area contributed by atoms with Gasteiger partial charge in [-0.1, -0.05) is 35.3 Å². The first-order chi connectivity index (χ1) is 14.6. The minimum absolute atomic E-state index is 0.00448. The zero-order chi connectivity index (χ0) is 23.0. The molecule has 168 valence electrons. The molecule has 0 bridgehead atoms. The summed E-state index contributed by atoms with van der Waals surface area (Å²) < 4.78 is 16.4. The molecule has 0 saturated heterocycles.